The molecule has 0 spiro atoms. The highest BCUT2D eigenvalue weighted by Gasteiger charge is 2.00. The standard InChI is InChI=1S/C11H16O.C2H6/c1-4-8-12-11-9(2)6-5-7-10(11)3;1-2/h5-7H,4,8H2,1-3H3;1-2H3. The maximum absolute atomic E-state index is 5.62. The van der Waals surface area contributed by atoms with E-state index in [1.54, 1.807) is 0 Å². The maximum atomic E-state index is 5.62. The third-order valence-electron chi connectivity index (χ3n) is 1.86. The first-order valence-corrected chi connectivity index (χ1v) is 5.44. The number of para-hydroxylation sites is 1. The molecular weight excluding hydrogens is 172 g/mol. The topological polar surface area (TPSA) is 9.23 Å². The SMILES string of the molecule is CC.CCCOc1c(C)cccc1C. The van der Waals surface area contributed by atoms with Crippen molar-refractivity contribution in [1.82, 2.24) is 0 Å². The molecule has 0 saturated carbocycles. The van der Waals surface area contributed by atoms with Gasteiger partial charge in [-0.3, -0.25) is 0 Å². The predicted octanol–water partition coefficient (Wildman–Crippen LogP) is 4.12. The number of aryl methyl sites for hydroxylation is 2. The molecule has 0 radical (unpaired) electrons. The van der Waals surface area contributed by atoms with Crippen LogP contribution in [0.5, 0.6) is 5.75 Å². The van der Waals surface area contributed by atoms with Crippen molar-refractivity contribution in [3.63, 3.8) is 0 Å². The van der Waals surface area contributed by atoms with Crippen LogP contribution < -0.4 is 4.74 Å². The summed E-state index contributed by atoms with van der Waals surface area (Å²) < 4.78 is 5.62. The Labute approximate surface area is 88.1 Å². The molecule has 0 aliphatic heterocycles. The van der Waals surface area contributed by atoms with Crippen molar-refractivity contribution in [2.75, 3.05) is 6.61 Å². The fourth-order valence-electron chi connectivity index (χ4n) is 1.23. The zero-order valence-electron chi connectivity index (χ0n) is 10.1. The van der Waals surface area contributed by atoms with Gasteiger partial charge in [-0.1, -0.05) is 39.0 Å². The normalized spacial score (nSPS) is 8.93. The van der Waals surface area contributed by atoms with Crippen molar-refractivity contribution >= 4 is 0 Å². The summed E-state index contributed by atoms with van der Waals surface area (Å²) in [4.78, 5) is 0. The molecule has 0 N–H and O–H groups in total. The van der Waals surface area contributed by atoms with Crippen LogP contribution in [0.15, 0.2) is 18.2 Å². The minimum Gasteiger partial charge on any atom is -0.493 e. The molecule has 0 saturated heterocycles. The van der Waals surface area contributed by atoms with E-state index in [9.17, 15) is 0 Å². The van der Waals surface area contributed by atoms with Crippen LogP contribution in [0.4, 0.5) is 0 Å². The molecule has 0 atom stereocenters. The summed E-state index contributed by atoms with van der Waals surface area (Å²) in [6, 6.07) is 6.22. The molecule has 1 aromatic rings. The van der Waals surface area contributed by atoms with Crippen LogP contribution in [0.3, 0.4) is 0 Å². The van der Waals surface area contributed by atoms with Crippen LogP contribution in [0, 0.1) is 13.8 Å². The largest absolute Gasteiger partial charge is 0.493 e. The molecule has 1 nitrogen and oxygen atoms in total. The van der Waals surface area contributed by atoms with Crippen molar-refractivity contribution in [1.29, 1.82) is 0 Å². The summed E-state index contributed by atoms with van der Waals surface area (Å²) in [5, 5.41) is 0. The van der Waals surface area contributed by atoms with E-state index in [-0.39, 0.29) is 0 Å². The quantitative estimate of drug-likeness (QED) is 0.703. The summed E-state index contributed by atoms with van der Waals surface area (Å²) in [6.45, 7) is 11.1. The predicted molar refractivity (Wildman–Crippen MR) is 63.1 cm³/mol. The van der Waals surface area contributed by atoms with Crippen LogP contribution in [0.1, 0.15) is 38.3 Å². The molecule has 1 heteroatoms. The maximum Gasteiger partial charge on any atom is 0.125 e. The van der Waals surface area contributed by atoms with Crippen molar-refractivity contribution in [3.05, 3.63) is 29.3 Å². The van der Waals surface area contributed by atoms with E-state index in [0.29, 0.717) is 0 Å². The smallest absolute Gasteiger partial charge is 0.125 e. The molecule has 0 aliphatic rings. The second kappa shape index (κ2) is 7.43. The second-order valence-electron chi connectivity index (χ2n) is 3.07. The Balaban J connectivity index is 0.000000791. The lowest BCUT2D eigenvalue weighted by Crippen LogP contribution is -1.98. The lowest BCUT2D eigenvalue weighted by atomic mass is 10.1. The second-order valence-corrected chi connectivity index (χ2v) is 3.07. The van der Waals surface area contributed by atoms with Crippen LogP contribution in [-0.4, -0.2) is 6.61 Å². The van der Waals surface area contributed by atoms with E-state index in [1.165, 1.54) is 11.1 Å². The molecule has 1 aromatic carbocycles. The van der Waals surface area contributed by atoms with Crippen LogP contribution in [0.25, 0.3) is 0 Å². The third-order valence-corrected chi connectivity index (χ3v) is 1.86. The lowest BCUT2D eigenvalue weighted by molar-refractivity contribution is 0.313. The van der Waals surface area contributed by atoms with Crippen LogP contribution in [0.2, 0.25) is 0 Å². The van der Waals surface area contributed by atoms with Crippen molar-refractivity contribution < 1.29 is 4.74 Å². The van der Waals surface area contributed by atoms with Gasteiger partial charge in [0.05, 0.1) is 6.61 Å². The van der Waals surface area contributed by atoms with Gasteiger partial charge >= 0.3 is 0 Å². The first kappa shape index (κ1) is 13.0. The van der Waals surface area contributed by atoms with Gasteiger partial charge in [-0.2, -0.15) is 0 Å². The van der Waals surface area contributed by atoms with E-state index in [1.807, 2.05) is 13.8 Å². The van der Waals surface area contributed by atoms with Gasteiger partial charge in [0.2, 0.25) is 0 Å². The van der Waals surface area contributed by atoms with Crippen LogP contribution in [-0.2, 0) is 0 Å². The molecule has 0 amide bonds. The number of ether oxygens (including phenoxy) is 1. The van der Waals surface area contributed by atoms with E-state index in [0.717, 1.165) is 18.8 Å². The Morgan fingerprint density at radius 2 is 1.57 bits per heavy atom. The highest BCUT2D eigenvalue weighted by molar-refractivity contribution is 5.39. The fraction of sp³-hybridized carbons (Fsp3) is 0.538. The molecule has 14 heavy (non-hydrogen) atoms. The Bertz CT molecular complexity index is 233. The number of hydrogen-bond donors (Lipinski definition) is 0. The lowest BCUT2D eigenvalue weighted by Gasteiger charge is -2.10. The average Bonchev–Trinajstić information content (AvgIpc) is 2.20. The molecule has 1 rings (SSSR count). The summed E-state index contributed by atoms with van der Waals surface area (Å²) in [6.07, 6.45) is 1.06. The Morgan fingerprint density at radius 1 is 1.07 bits per heavy atom. The van der Waals surface area contributed by atoms with Gasteiger partial charge in [-0.25, -0.2) is 0 Å². The summed E-state index contributed by atoms with van der Waals surface area (Å²) in [5.41, 5.74) is 2.45. The molecule has 0 unspecified atom stereocenters. The highest BCUT2D eigenvalue weighted by atomic mass is 16.5. The van der Waals surface area contributed by atoms with Gasteiger partial charge in [-0.15, -0.1) is 0 Å². The molecule has 0 aliphatic carbocycles. The van der Waals surface area contributed by atoms with Crippen molar-refractivity contribution in [3.8, 4) is 5.75 Å². The van der Waals surface area contributed by atoms with Gasteiger partial charge < -0.3 is 4.74 Å². The van der Waals surface area contributed by atoms with E-state index in [2.05, 4.69) is 39.0 Å². The van der Waals surface area contributed by atoms with E-state index >= 15 is 0 Å². The van der Waals surface area contributed by atoms with Gasteiger partial charge in [0.25, 0.3) is 0 Å². The molecule has 80 valence electrons. The molecule has 0 heterocycles. The Morgan fingerprint density at radius 3 is 2.00 bits per heavy atom. The summed E-state index contributed by atoms with van der Waals surface area (Å²) in [5.74, 6) is 1.05. The highest BCUT2D eigenvalue weighted by Crippen LogP contribution is 2.22. The number of rotatable bonds is 3. The summed E-state index contributed by atoms with van der Waals surface area (Å²) >= 11 is 0. The minimum absolute atomic E-state index is 0.811. The van der Waals surface area contributed by atoms with Gasteiger partial charge in [0, 0.05) is 0 Å². The van der Waals surface area contributed by atoms with Crippen LogP contribution >= 0.6 is 0 Å². The van der Waals surface area contributed by atoms with E-state index < -0.39 is 0 Å². The van der Waals surface area contributed by atoms with Crippen molar-refractivity contribution in [2.24, 2.45) is 0 Å². The Kier molecular flexibility index (Phi) is 6.91. The molecule has 0 aromatic heterocycles. The summed E-state index contributed by atoms with van der Waals surface area (Å²) in [7, 11) is 0. The van der Waals surface area contributed by atoms with Gasteiger partial charge in [0.1, 0.15) is 5.75 Å². The zero-order valence-corrected chi connectivity index (χ0v) is 10.1. The minimum atomic E-state index is 0.811. The monoisotopic (exact) mass is 194 g/mol. The van der Waals surface area contributed by atoms with Gasteiger partial charge in [0.15, 0.2) is 0 Å². The molecule has 0 bridgehead atoms. The molecular formula is C13H22O. The first-order chi connectivity index (χ1) is 6.75. The van der Waals surface area contributed by atoms with E-state index in [4.69, 9.17) is 4.74 Å². The zero-order chi connectivity index (χ0) is 11.0. The van der Waals surface area contributed by atoms with Crippen molar-refractivity contribution in [2.45, 2.75) is 41.0 Å². The third kappa shape index (κ3) is 3.82. The Hall–Kier alpha value is -0.980. The fourth-order valence-corrected chi connectivity index (χ4v) is 1.23. The molecule has 0 fully saturated rings. The number of hydrogen-bond acceptors (Lipinski definition) is 1. The average molecular weight is 194 g/mol. The number of benzene rings is 1. The first-order valence-electron chi connectivity index (χ1n) is 5.44. The van der Waals surface area contributed by atoms with Gasteiger partial charge in [-0.05, 0) is 31.4 Å².